The molecule has 7 nitrogen and oxygen atoms in total. The topological polar surface area (TPSA) is 72.5 Å². The standard InChI is InChI=1S/C22H27N5O2S/c1-5-13-25-20(29)17-11-6-7-12-18(17)27-21(25)23-24-22(27)30-16(4)19(28)26-14(2)9-8-10-15(26)3/h5-7,11-12,14-16H,1,8-10,13H2,2-4H3/t14-,15+,16-/m1/s1. The summed E-state index contributed by atoms with van der Waals surface area (Å²) in [5.41, 5.74) is 0.617. The van der Waals surface area contributed by atoms with E-state index in [1.54, 1.807) is 16.7 Å². The van der Waals surface area contributed by atoms with Gasteiger partial charge in [-0.3, -0.25) is 18.6 Å². The van der Waals surface area contributed by atoms with Crippen LogP contribution in [-0.2, 0) is 11.3 Å². The molecule has 3 aromatic rings. The van der Waals surface area contributed by atoms with Crippen LogP contribution >= 0.6 is 11.8 Å². The van der Waals surface area contributed by atoms with Gasteiger partial charge >= 0.3 is 0 Å². The lowest BCUT2D eigenvalue weighted by atomic mass is 9.97. The normalized spacial score (nSPS) is 20.6. The second-order valence-corrected chi connectivity index (χ2v) is 9.28. The van der Waals surface area contributed by atoms with Crippen LogP contribution in [0.2, 0.25) is 0 Å². The Balaban J connectivity index is 1.76. The fourth-order valence-electron chi connectivity index (χ4n) is 4.38. The SMILES string of the molecule is C=CCn1c(=O)c2ccccc2n2c(S[C@H](C)C(=O)N3[C@H](C)CCC[C@@H]3C)nnc12. The fourth-order valence-corrected chi connectivity index (χ4v) is 5.29. The average molecular weight is 426 g/mol. The van der Waals surface area contributed by atoms with Gasteiger partial charge in [-0.2, -0.15) is 0 Å². The van der Waals surface area contributed by atoms with Crippen LogP contribution in [0.4, 0.5) is 0 Å². The van der Waals surface area contributed by atoms with Gasteiger partial charge in [0.25, 0.3) is 5.56 Å². The van der Waals surface area contributed by atoms with Crippen molar-refractivity contribution in [1.82, 2.24) is 24.1 Å². The van der Waals surface area contributed by atoms with Crippen LogP contribution in [0.1, 0.15) is 40.0 Å². The molecule has 0 spiro atoms. The number of para-hydroxylation sites is 1. The second-order valence-electron chi connectivity index (χ2n) is 7.97. The largest absolute Gasteiger partial charge is 0.336 e. The lowest BCUT2D eigenvalue weighted by molar-refractivity contribution is -0.136. The van der Waals surface area contributed by atoms with Gasteiger partial charge in [0.2, 0.25) is 11.7 Å². The molecule has 1 fully saturated rings. The number of benzene rings is 1. The maximum Gasteiger partial charge on any atom is 0.263 e. The number of piperidine rings is 1. The molecule has 0 N–H and O–H groups in total. The van der Waals surface area contributed by atoms with E-state index in [1.165, 1.54) is 11.8 Å². The molecule has 2 aromatic heterocycles. The van der Waals surface area contributed by atoms with Crippen LogP contribution in [0, 0.1) is 0 Å². The summed E-state index contributed by atoms with van der Waals surface area (Å²) in [5, 5.41) is 9.52. The Morgan fingerprint density at radius 3 is 2.67 bits per heavy atom. The molecular formula is C22H27N5O2S. The summed E-state index contributed by atoms with van der Waals surface area (Å²) in [6.07, 6.45) is 4.91. The van der Waals surface area contributed by atoms with E-state index in [0.717, 1.165) is 24.8 Å². The van der Waals surface area contributed by atoms with Crippen molar-refractivity contribution >= 4 is 34.3 Å². The van der Waals surface area contributed by atoms with E-state index in [2.05, 4.69) is 30.6 Å². The Morgan fingerprint density at radius 2 is 1.97 bits per heavy atom. The van der Waals surface area contributed by atoms with Crippen molar-refractivity contribution in [2.75, 3.05) is 0 Å². The first-order valence-corrected chi connectivity index (χ1v) is 11.3. The average Bonchev–Trinajstić information content (AvgIpc) is 3.14. The lowest BCUT2D eigenvalue weighted by Gasteiger charge is -2.40. The van der Waals surface area contributed by atoms with Crippen LogP contribution in [0.3, 0.4) is 0 Å². The Hall–Kier alpha value is -2.61. The number of allylic oxidation sites excluding steroid dienone is 1. The molecule has 0 saturated carbocycles. The van der Waals surface area contributed by atoms with E-state index in [9.17, 15) is 9.59 Å². The number of nitrogens with zero attached hydrogens (tertiary/aromatic N) is 5. The first-order valence-electron chi connectivity index (χ1n) is 10.4. The van der Waals surface area contributed by atoms with Gasteiger partial charge in [0.05, 0.1) is 16.2 Å². The third-order valence-corrected chi connectivity index (χ3v) is 6.90. The van der Waals surface area contributed by atoms with Crippen molar-refractivity contribution in [2.45, 2.75) is 69.1 Å². The molecule has 0 aliphatic carbocycles. The molecule has 3 heterocycles. The van der Waals surface area contributed by atoms with Crippen molar-refractivity contribution in [3.63, 3.8) is 0 Å². The van der Waals surface area contributed by atoms with Crippen molar-refractivity contribution < 1.29 is 4.79 Å². The van der Waals surface area contributed by atoms with Crippen LogP contribution in [-0.4, -0.2) is 47.3 Å². The van der Waals surface area contributed by atoms with E-state index >= 15 is 0 Å². The molecule has 30 heavy (non-hydrogen) atoms. The first kappa shape index (κ1) is 20.7. The molecule has 4 rings (SSSR count). The first-order chi connectivity index (χ1) is 14.4. The van der Waals surface area contributed by atoms with Crippen LogP contribution < -0.4 is 5.56 Å². The highest BCUT2D eigenvalue weighted by Gasteiger charge is 2.33. The number of hydrogen-bond acceptors (Lipinski definition) is 5. The third kappa shape index (κ3) is 3.43. The van der Waals surface area contributed by atoms with Crippen LogP contribution in [0.25, 0.3) is 16.7 Å². The van der Waals surface area contributed by atoms with E-state index < -0.39 is 0 Å². The summed E-state index contributed by atoms with van der Waals surface area (Å²) in [5.74, 6) is 0.584. The number of hydrogen-bond donors (Lipinski definition) is 0. The molecule has 8 heteroatoms. The van der Waals surface area contributed by atoms with Gasteiger partial charge in [0.15, 0.2) is 5.16 Å². The number of likely N-dealkylation sites (tertiary alicyclic amines) is 1. The molecule has 3 atom stereocenters. The Labute approximate surface area is 179 Å². The minimum atomic E-state index is -0.307. The van der Waals surface area contributed by atoms with Crippen LogP contribution in [0.5, 0.6) is 0 Å². The number of thioether (sulfide) groups is 1. The highest BCUT2D eigenvalue weighted by Crippen LogP contribution is 2.30. The van der Waals surface area contributed by atoms with E-state index in [0.29, 0.717) is 22.9 Å². The number of carbonyl (C=O) groups excluding carboxylic acids is 1. The summed E-state index contributed by atoms with van der Waals surface area (Å²) in [6.45, 7) is 10.3. The highest BCUT2D eigenvalue weighted by molar-refractivity contribution is 8.00. The van der Waals surface area contributed by atoms with Crippen molar-refractivity contribution in [3.05, 3.63) is 47.3 Å². The lowest BCUT2D eigenvalue weighted by Crippen LogP contribution is -2.50. The van der Waals surface area contributed by atoms with Crippen molar-refractivity contribution in [3.8, 4) is 0 Å². The van der Waals surface area contributed by atoms with Crippen molar-refractivity contribution in [2.24, 2.45) is 0 Å². The van der Waals surface area contributed by atoms with Gasteiger partial charge in [-0.25, -0.2) is 0 Å². The van der Waals surface area contributed by atoms with Crippen LogP contribution in [0.15, 0.2) is 46.9 Å². The van der Waals surface area contributed by atoms with E-state index in [-0.39, 0.29) is 28.8 Å². The zero-order valence-corrected chi connectivity index (χ0v) is 18.4. The van der Waals surface area contributed by atoms with Gasteiger partial charge in [0, 0.05) is 18.6 Å². The summed E-state index contributed by atoms with van der Waals surface area (Å²) >= 11 is 1.39. The number of fused-ring (bicyclic) bond motifs is 3. The fraction of sp³-hybridized carbons (Fsp3) is 0.455. The molecule has 158 valence electrons. The molecule has 0 unspecified atom stereocenters. The molecule has 1 aliphatic rings. The zero-order chi connectivity index (χ0) is 21.4. The summed E-state index contributed by atoms with van der Waals surface area (Å²) in [7, 11) is 0. The highest BCUT2D eigenvalue weighted by atomic mass is 32.2. The maximum absolute atomic E-state index is 13.2. The number of amides is 1. The van der Waals surface area contributed by atoms with Gasteiger partial charge in [-0.15, -0.1) is 16.8 Å². The molecule has 1 amide bonds. The second kappa shape index (κ2) is 8.26. The molecule has 0 radical (unpaired) electrons. The molecular weight excluding hydrogens is 398 g/mol. The van der Waals surface area contributed by atoms with E-state index in [1.807, 2.05) is 34.4 Å². The molecule has 0 bridgehead atoms. The Bertz CT molecular complexity index is 1160. The summed E-state index contributed by atoms with van der Waals surface area (Å²) in [6, 6.07) is 7.92. The Kier molecular flexibility index (Phi) is 5.69. The maximum atomic E-state index is 13.2. The predicted molar refractivity (Wildman–Crippen MR) is 120 cm³/mol. The van der Waals surface area contributed by atoms with E-state index in [4.69, 9.17) is 0 Å². The number of rotatable bonds is 5. The zero-order valence-electron chi connectivity index (χ0n) is 17.6. The van der Waals surface area contributed by atoms with Gasteiger partial charge in [0.1, 0.15) is 0 Å². The molecule has 1 aromatic carbocycles. The van der Waals surface area contributed by atoms with Gasteiger partial charge in [-0.1, -0.05) is 30.0 Å². The minimum absolute atomic E-state index is 0.123. The summed E-state index contributed by atoms with van der Waals surface area (Å²) in [4.78, 5) is 28.2. The van der Waals surface area contributed by atoms with Gasteiger partial charge < -0.3 is 4.90 Å². The van der Waals surface area contributed by atoms with Crippen molar-refractivity contribution in [1.29, 1.82) is 0 Å². The molecule has 1 aliphatic heterocycles. The molecule has 1 saturated heterocycles. The summed E-state index contributed by atoms with van der Waals surface area (Å²) < 4.78 is 3.44. The monoisotopic (exact) mass is 425 g/mol. The smallest absolute Gasteiger partial charge is 0.263 e. The van der Waals surface area contributed by atoms with Gasteiger partial charge in [-0.05, 0) is 52.2 Å². The minimum Gasteiger partial charge on any atom is -0.336 e. The predicted octanol–water partition coefficient (Wildman–Crippen LogP) is 3.50. The quantitative estimate of drug-likeness (QED) is 0.462. The third-order valence-electron chi connectivity index (χ3n) is 5.87. The number of aromatic nitrogens is 4. The Morgan fingerprint density at radius 1 is 1.27 bits per heavy atom. The number of carbonyl (C=O) groups is 1.